The molecule has 0 radical (unpaired) electrons. The van der Waals surface area contributed by atoms with Gasteiger partial charge in [0.2, 0.25) is 5.91 Å². The van der Waals surface area contributed by atoms with E-state index < -0.39 is 23.5 Å². The summed E-state index contributed by atoms with van der Waals surface area (Å²) in [5.41, 5.74) is 1.46. The molecule has 7 heteroatoms. The van der Waals surface area contributed by atoms with Crippen molar-refractivity contribution in [2.45, 2.75) is 13.3 Å². The normalized spacial score (nSPS) is 13.2. The molecule has 2 aromatic carbocycles. The summed E-state index contributed by atoms with van der Waals surface area (Å²) in [5, 5.41) is 2.56. The van der Waals surface area contributed by atoms with Gasteiger partial charge in [0.1, 0.15) is 5.82 Å². The molecule has 1 aliphatic rings. The van der Waals surface area contributed by atoms with Crippen LogP contribution in [0.2, 0.25) is 0 Å². The van der Waals surface area contributed by atoms with Crippen LogP contribution in [-0.2, 0) is 4.79 Å². The Kier molecular flexibility index (Phi) is 4.67. The van der Waals surface area contributed by atoms with Gasteiger partial charge in [-0.15, -0.1) is 0 Å². The molecular weight excluding hydrogens is 391 g/mol. The number of imide groups is 1. The van der Waals surface area contributed by atoms with Gasteiger partial charge in [0, 0.05) is 23.1 Å². The lowest BCUT2D eigenvalue weighted by Crippen LogP contribution is -2.32. The number of carbonyl (C=O) groups is 3. The second-order valence-electron chi connectivity index (χ2n) is 5.71. The van der Waals surface area contributed by atoms with Gasteiger partial charge in [-0.25, -0.2) is 4.39 Å². The first-order chi connectivity index (χ1) is 11.9. The summed E-state index contributed by atoms with van der Waals surface area (Å²) in [6.07, 6.45) is -0.0673. The first-order valence-corrected chi connectivity index (χ1v) is 8.38. The highest BCUT2D eigenvalue weighted by Crippen LogP contribution is 2.26. The molecule has 0 saturated carbocycles. The molecule has 2 aromatic rings. The molecule has 0 aromatic heterocycles. The van der Waals surface area contributed by atoms with Crippen molar-refractivity contribution in [3.63, 3.8) is 0 Å². The summed E-state index contributed by atoms with van der Waals surface area (Å²) in [4.78, 5) is 37.7. The van der Waals surface area contributed by atoms with E-state index in [1.54, 1.807) is 37.3 Å². The molecule has 3 amide bonds. The van der Waals surface area contributed by atoms with Crippen LogP contribution in [0.1, 0.15) is 32.7 Å². The molecule has 5 nitrogen and oxygen atoms in total. The maximum atomic E-state index is 13.5. The molecule has 1 aliphatic heterocycles. The topological polar surface area (TPSA) is 66.5 Å². The van der Waals surface area contributed by atoms with Gasteiger partial charge in [-0.1, -0.05) is 22.0 Å². The first kappa shape index (κ1) is 17.3. The van der Waals surface area contributed by atoms with Gasteiger partial charge in [-0.05, 0) is 42.8 Å². The van der Waals surface area contributed by atoms with Crippen LogP contribution in [0.3, 0.4) is 0 Å². The minimum absolute atomic E-state index is 0.0376. The van der Waals surface area contributed by atoms with Crippen molar-refractivity contribution >= 4 is 39.3 Å². The first-order valence-electron chi connectivity index (χ1n) is 7.58. The molecule has 0 unspecified atom stereocenters. The Labute approximate surface area is 151 Å². The van der Waals surface area contributed by atoms with E-state index in [0.29, 0.717) is 26.9 Å². The van der Waals surface area contributed by atoms with Crippen molar-refractivity contribution in [2.75, 3.05) is 11.9 Å². The minimum atomic E-state index is -0.421. The SMILES string of the molecule is Cc1ccc(NC(=O)CCN2C(=O)c3ccc(Br)cc3C2=O)cc1F. The van der Waals surface area contributed by atoms with E-state index in [2.05, 4.69) is 21.2 Å². The van der Waals surface area contributed by atoms with Crippen molar-refractivity contribution in [2.24, 2.45) is 0 Å². The lowest BCUT2D eigenvalue weighted by molar-refractivity contribution is -0.116. The average molecular weight is 405 g/mol. The lowest BCUT2D eigenvalue weighted by Gasteiger charge is -2.13. The fourth-order valence-electron chi connectivity index (χ4n) is 2.57. The maximum Gasteiger partial charge on any atom is 0.261 e. The van der Waals surface area contributed by atoms with Crippen LogP contribution in [0, 0.1) is 12.7 Å². The van der Waals surface area contributed by atoms with Crippen molar-refractivity contribution in [3.05, 3.63) is 63.4 Å². The summed E-state index contributed by atoms with van der Waals surface area (Å²) in [6.45, 7) is 1.59. The molecule has 128 valence electrons. The van der Waals surface area contributed by atoms with E-state index in [1.165, 1.54) is 6.07 Å². The summed E-state index contributed by atoms with van der Waals surface area (Å²) >= 11 is 3.27. The van der Waals surface area contributed by atoms with Gasteiger partial charge in [-0.3, -0.25) is 19.3 Å². The van der Waals surface area contributed by atoms with Crippen LogP contribution in [-0.4, -0.2) is 29.2 Å². The number of nitrogens with zero attached hydrogens (tertiary/aromatic N) is 1. The minimum Gasteiger partial charge on any atom is -0.326 e. The Morgan fingerprint density at radius 1 is 1.12 bits per heavy atom. The number of anilines is 1. The molecular formula is C18H14BrFN2O3. The van der Waals surface area contributed by atoms with Crippen molar-refractivity contribution in [1.82, 2.24) is 4.90 Å². The van der Waals surface area contributed by atoms with E-state index in [4.69, 9.17) is 0 Å². The number of amides is 3. The lowest BCUT2D eigenvalue weighted by atomic mass is 10.1. The quantitative estimate of drug-likeness (QED) is 0.792. The van der Waals surface area contributed by atoms with Gasteiger partial charge in [0.15, 0.2) is 0 Å². The number of fused-ring (bicyclic) bond motifs is 1. The summed E-state index contributed by atoms with van der Waals surface area (Å²) in [5.74, 6) is -1.65. The highest BCUT2D eigenvalue weighted by molar-refractivity contribution is 9.10. The average Bonchev–Trinajstić information content (AvgIpc) is 2.80. The Hall–Kier alpha value is -2.54. The third-order valence-corrected chi connectivity index (χ3v) is 4.44. The van der Waals surface area contributed by atoms with E-state index in [1.807, 2.05) is 0 Å². The zero-order valence-corrected chi connectivity index (χ0v) is 14.9. The second-order valence-corrected chi connectivity index (χ2v) is 6.63. The molecule has 0 saturated heterocycles. The van der Waals surface area contributed by atoms with Crippen LogP contribution in [0.15, 0.2) is 40.9 Å². The number of aryl methyl sites for hydroxylation is 1. The van der Waals surface area contributed by atoms with Gasteiger partial charge in [0.05, 0.1) is 11.1 Å². The van der Waals surface area contributed by atoms with Crippen molar-refractivity contribution in [3.8, 4) is 0 Å². The molecule has 0 aliphatic carbocycles. The standard InChI is InChI=1S/C18H14BrFN2O3/c1-10-2-4-12(9-15(10)20)21-16(23)6-7-22-17(24)13-5-3-11(19)8-14(13)18(22)25/h2-5,8-9H,6-7H2,1H3,(H,21,23). The third kappa shape index (κ3) is 3.46. The molecule has 1 N–H and O–H groups in total. The number of halogens is 2. The van der Waals surface area contributed by atoms with Crippen LogP contribution in [0.4, 0.5) is 10.1 Å². The summed E-state index contributed by atoms with van der Waals surface area (Å²) in [7, 11) is 0. The fraction of sp³-hybridized carbons (Fsp3) is 0.167. The Balaban J connectivity index is 1.64. The molecule has 0 spiro atoms. The van der Waals surface area contributed by atoms with Gasteiger partial charge in [-0.2, -0.15) is 0 Å². The maximum absolute atomic E-state index is 13.5. The molecule has 0 atom stereocenters. The summed E-state index contributed by atoms with van der Waals surface area (Å²) in [6, 6.07) is 9.24. The zero-order valence-electron chi connectivity index (χ0n) is 13.3. The predicted molar refractivity (Wildman–Crippen MR) is 93.9 cm³/mol. The van der Waals surface area contributed by atoms with E-state index in [0.717, 1.165) is 4.90 Å². The van der Waals surface area contributed by atoms with E-state index in [9.17, 15) is 18.8 Å². The fourth-order valence-corrected chi connectivity index (χ4v) is 2.93. The van der Waals surface area contributed by atoms with Crippen LogP contribution in [0.5, 0.6) is 0 Å². The van der Waals surface area contributed by atoms with Crippen molar-refractivity contribution in [1.29, 1.82) is 0 Å². The molecule has 25 heavy (non-hydrogen) atoms. The number of rotatable bonds is 4. The smallest absolute Gasteiger partial charge is 0.261 e. The van der Waals surface area contributed by atoms with E-state index in [-0.39, 0.29) is 13.0 Å². The Morgan fingerprint density at radius 2 is 1.84 bits per heavy atom. The van der Waals surface area contributed by atoms with Crippen LogP contribution >= 0.6 is 15.9 Å². The molecule has 0 bridgehead atoms. The highest BCUT2D eigenvalue weighted by Gasteiger charge is 2.35. The summed E-state index contributed by atoms with van der Waals surface area (Å²) < 4.78 is 14.2. The molecule has 0 fully saturated rings. The largest absolute Gasteiger partial charge is 0.326 e. The highest BCUT2D eigenvalue weighted by atomic mass is 79.9. The monoisotopic (exact) mass is 404 g/mol. The third-order valence-electron chi connectivity index (χ3n) is 3.95. The Morgan fingerprint density at radius 3 is 2.56 bits per heavy atom. The van der Waals surface area contributed by atoms with Gasteiger partial charge >= 0.3 is 0 Å². The number of benzene rings is 2. The number of hydrogen-bond acceptors (Lipinski definition) is 3. The van der Waals surface area contributed by atoms with Crippen LogP contribution in [0.25, 0.3) is 0 Å². The predicted octanol–water partition coefficient (Wildman–Crippen LogP) is 3.52. The van der Waals surface area contributed by atoms with E-state index >= 15 is 0 Å². The van der Waals surface area contributed by atoms with Gasteiger partial charge in [0.25, 0.3) is 11.8 Å². The second kappa shape index (κ2) is 6.76. The number of hydrogen-bond donors (Lipinski definition) is 1. The zero-order chi connectivity index (χ0) is 18.1. The Bertz CT molecular complexity index is 898. The molecule has 1 heterocycles. The van der Waals surface area contributed by atoms with Gasteiger partial charge < -0.3 is 5.32 Å². The molecule has 3 rings (SSSR count). The number of nitrogens with one attached hydrogen (secondary N) is 1. The van der Waals surface area contributed by atoms with Crippen molar-refractivity contribution < 1.29 is 18.8 Å². The van der Waals surface area contributed by atoms with Crippen LogP contribution < -0.4 is 5.32 Å². The number of carbonyl (C=O) groups excluding carboxylic acids is 3.